The van der Waals surface area contributed by atoms with Gasteiger partial charge in [0.25, 0.3) is 11.8 Å². The lowest BCUT2D eigenvalue weighted by molar-refractivity contribution is 0.0946. The van der Waals surface area contributed by atoms with E-state index in [1.165, 1.54) is 0 Å². The number of fused-ring (bicyclic) bond motifs is 2. The van der Waals surface area contributed by atoms with Crippen LogP contribution in [0.3, 0.4) is 0 Å². The molecule has 9 nitrogen and oxygen atoms in total. The summed E-state index contributed by atoms with van der Waals surface area (Å²) in [5.41, 5.74) is 1.62. The Morgan fingerprint density at radius 2 is 2.03 bits per heavy atom. The number of rotatable bonds is 4. The van der Waals surface area contributed by atoms with Crippen LogP contribution in [0.15, 0.2) is 59.4 Å². The quantitative estimate of drug-likeness (QED) is 0.506. The van der Waals surface area contributed by atoms with Crippen LogP contribution in [0.25, 0.3) is 27.9 Å². The first-order valence-corrected chi connectivity index (χ1v) is 8.96. The van der Waals surface area contributed by atoms with Gasteiger partial charge in [0.15, 0.2) is 17.3 Å². The van der Waals surface area contributed by atoms with Crippen LogP contribution in [-0.4, -0.2) is 35.6 Å². The van der Waals surface area contributed by atoms with E-state index in [4.69, 9.17) is 4.52 Å². The largest absolute Gasteiger partial charge is 0.343 e. The predicted molar refractivity (Wildman–Crippen MR) is 104 cm³/mol. The van der Waals surface area contributed by atoms with Gasteiger partial charge >= 0.3 is 0 Å². The number of aryl methyl sites for hydroxylation is 1. The first-order valence-electron chi connectivity index (χ1n) is 8.96. The van der Waals surface area contributed by atoms with E-state index in [9.17, 15) is 4.79 Å². The predicted octanol–water partition coefficient (Wildman–Crippen LogP) is 2.57. The summed E-state index contributed by atoms with van der Waals surface area (Å²) in [5, 5.41) is 16.9. The lowest BCUT2D eigenvalue weighted by atomic mass is 10.1. The highest BCUT2D eigenvalue weighted by Crippen LogP contribution is 2.22. The molecule has 5 aromatic rings. The van der Waals surface area contributed by atoms with Crippen molar-refractivity contribution in [3.63, 3.8) is 0 Å². The molecule has 0 aliphatic carbocycles. The van der Waals surface area contributed by atoms with Gasteiger partial charge < -0.3 is 9.84 Å². The third kappa shape index (κ3) is 2.98. The van der Waals surface area contributed by atoms with Crippen LogP contribution >= 0.6 is 0 Å². The molecule has 1 N–H and O–H groups in total. The highest BCUT2D eigenvalue weighted by molar-refractivity contribution is 6.05. The summed E-state index contributed by atoms with van der Waals surface area (Å²) >= 11 is 0. The van der Waals surface area contributed by atoms with Gasteiger partial charge in [-0.05, 0) is 30.5 Å². The number of hydrogen-bond acceptors (Lipinski definition) is 7. The van der Waals surface area contributed by atoms with E-state index in [0.717, 1.165) is 10.8 Å². The maximum atomic E-state index is 12.7. The van der Waals surface area contributed by atoms with E-state index in [-0.39, 0.29) is 12.5 Å². The number of nitrogens with zero attached hydrogens (tertiary/aromatic N) is 6. The summed E-state index contributed by atoms with van der Waals surface area (Å²) in [6.07, 6.45) is 3.45. The number of benzene rings is 1. The highest BCUT2D eigenvalue weighted by Gasteiger charge is 2.17. The first kappa shape index (κ1) is 17.0. The van der Waals surface area contributed by atoms with Crippen molar-refractivity contribution in [1.82, 2.24) is 35.0 Å². The molecule has 142 valence electrons. The summed E-state index contributed by atoms with van der Waals surface area (Å²) in [6, 6.07) is 13.2. The summed E-state index contributed by atoms with van der Waals surface area (Å²) in [6.45, 7) is 1.94. The summed E-state index contributed by atoms with van der Waals surface area (Å²) < 4.78 is 7.03. The number of carbonyl (C=O) groups is 1. The zero-order chi connectivity index (χ0) is 19.8. The van der Waals surface area contributed by atoms with Crippen molar-refractivity contribution < 1.29 is 9.32 Å². The molecule has 1 aromatic carbocycles. The Morgan fingerprint density at radius 3 is 2.90 bits per heavy atom. The molecule has 0 saturated carbocycles. The van der Waals surface area contributed by atoms with Crippen LogP contribution in [0, 0.1) is 6.92 Å². The van der Waals surface area contributed by atoms with Gasteiger partial charge in [0.05, 0.1) is 12.1 Å². The molecule has 0 atom stereocenters. The van der Waals surface area contributed by atoms with Gasteiger partial charge in [-0.25, -0.2) is 0 Å². The standard InChI is InChI=1S/C20H15N7O2/c1-12-23-20(29-26-12)15-7-4-10-27-16(24-25-18(15)27)11-22-19(28)17-14-6-3-2-5-13(14)8-9-21-17/h2-10H,11H2,1H3,(H,22,28). The van der Waals surface area contributed by atoms with E-state index in [1.807, 2.05) is 48.7 Å². The number of carbonyl (C=O) groups excluding carboxylic acids is 1. The average molecular weight is 385 g/mol. The zero-order valence-electron chi connectivity index (χ0n) is 15.4. The van der Waals surface area contributed by atoms with Crippen LogP contribution in [-0.2, 0) is 6.54 Å². The van der Waals surface area contributed by atoms with Crippen LogP contribution in [0.2, 0.25) is 0 Å². The molecule has 1 amide bonds. The summed E-state index contributed by atoms with van der Waals surface area (Å²) in [4.78, 5) is 21.2. The van der Waals surface area contributed by atoms with E-state index < -0.39 is 0 Å². The van der Waals surface area contributed by atoms with Crippen molar-refractivity contribution in [2.45, 2.75) is 13.5 Å². The van der Waals surface area contributed by atoms with Gasteiger partial charge in [-0.3, -0.25) is 14.2 Å². The van der Waals surface area contributed by atoms with Crippen molar-refractivity contribution in [2.24, 2.45) is 0 Å². The molecule has 0 aliphatic rings. The van der Waals surface area contributed by atoms with E-state index >= 15 is 0 Å². The van der Waals surface area contributed by atoms with Crippen molar-refractivity contribution in [3.05, 3.63) is 72.2 Å². The molecule has 0 unspecified atom stereocenters. The van der Waals surface area contributed by atoms with Crippen LogP contribution in [0.1, 0.15) is 22.1 Å². The molecule has 0 spiro atoms. The third-order valence-corrected chi connectivity index (χ3v) is 4.56. The fourth-order valence-electron chi connectivity index (χ4n) is 3.20. The van der Waals surface area contributed by atoms with Crippen molar-refractivity contribution in [1.29, 1.82) is 0 Å². The second-order valence-corrected chi connectivity index (χ2v) is 6.44. The Bertz CT molecular complexity index is 1350. The number of amides is 1. The Kier molecular flexibility index (Phi) is 3.98. The van der Waals surface area contributed by atoms with Crippen molar-refractivity contribution in [3.8, 4) is 11.5 Å². The minimum absolute atomic E-state index is 0.192. The molecule has 0 bridgehead atoms. The number of aromatic nitrogens is 6. The first-order chi connectivity index (χ1) is 14.2. The molecule has 4 heterocycles. The maximum Gasteiger partial charge on any atom is 0.270 e. The van der Waals surface area contributed by atoms with Gasteiger partial charge in [0.1, 0.15) is 5.69 Å². The van der Waals surface area contributed by atoms with Gasteiger partial charge in [-0.1, -0.05) is 29.4 Å². The highest BCUT2D eigenvalue weighted by atomic mass is 16.5. The van der Waals surface area contributed by atoms with E-state index in [0.29, 0.717) is 34.4 Å². The smallest absolute Gasteiger partial charge is 0.270 e. The second-order valence-electron chi connectivity index (χ2n) is 6.44. The summed E-state index contributed by atoms with van der Waals surface area (Å²) in [5.74, 6) is 1.21. The zero-order valence-corrected chi connectivity index (χ0v) is 15.4. The molecule has 0 aliphatic heterocycles. The van der Waals surface area contributed by atoms with Gasteiger partial charge in [-0.15, -0.1) is 10.2 Å². The fourth-order valence-corrected chi connectivity index (χ4v) is 3.20. The Morgan fingerprint density at radius 1 is 1.14 bits per heavy atom. The lowest BCUT2D eigenvalue weighted by Gasteiger charge is -2.07. The van der Waals surface area contributed by atoms with Crippen molar-refractivity contribution >= 4 is 22.3 Å². The topological polar surface area (TPSA) is 111 Å². The third-order valence-electron chi connectivity index (χ3n) is 4.56. The Hall–Kier alpha value is -4.14. The van der Waals surface area contributed by atoms with Gasteiger partial charge in [-0.2, -0.15) is 4.98 Å². The Labute approximate surface area is 164 Å². The molecule has 5 rings (SSSR count). The molecule has 0 saturated heterocycles. The van der Waals surface area contributed by atoms with Gasteiger partial charge in [0, 0.05) is 17.8 Å². The monoisotopic (exact) mass is 385 g/mol. The SMILES string of the molecule is Cc1noc(-c2cccn3c(CNC(=O)c4nccc5ccccc45)nnc23)n1. The molecular formula is C20H15N7O2. The maximum absolute atomic E-state index is 12.7. The van der Waals surface area contributed by atoms with Crippen molar-refractivity contribution in [2.75, 3.05) is 0 Å². The molecule has 29 heavy (non-hydrogen) atoms. The van der Waals surface area contributed by atoms with Crippen LogP contribution < -0.4 is 5.32 Å². The average Bonchev–Trinajstić information content (AvgIpc) is 3.37. The van der Waals surface area contributed by atoms with Crippen LogP contribution in [0.5, 0.6) is 0 Å². The molecular weight excluding hydrogens is 370 g/mol. The molecule has 4 aromatic heterocycles. The number of nitrogens with one attached hydrogen (secondary N) is 1. The van der Waals surface area contributed by atoms with E-state index in [2.05, 4.69) is 30.6 Å². The molecule has 9 heteroatoms. The number of hydrogen-bond donors (Lipinski definition) is 1. The normalized spacial score (nSPS) is 11.2. The Balaban J connectivity index is 1.43. The molecule has 0 radical (unpaired) electrons. The minimum Gasteiger partial charge on any atom is -0.343 e. The second kappa shape index (κ2) is 6.79. The van der Waals surface area contributed by atoms with Crippen LogP contribution in [0.4, 0.5) is 0 Å². The number of pyridine rings is 2. The lowest BCUT2D eigenvalue weighted by Crippen LogP contribution is -2.25. The van der Waals surface area contributed by atoms with Gasteiger partial charge in [0.2, 0.25) is 0 Å². The molecule has 0 fully saturated rings. The van der Waals surface area contributed by atoms with E-state index in [1.54, 1.807) is 17.5 Å². The fraction of sp³-hybridized carbons (Fsp3) is 0.100. The summed E-state index contributed by atoms with van der Waals surface area (Å²) in [7, 11) is 0. The minimum atomic E-state index is -0.276.